The van der Waals surface area contributed by atoms with Crippen LogP contribution in [-0.2, 0) is 0 Å². The summed E-state index contributed by atoms with van der Waals surface area (Å²) in [5, 5.41) is 9.43. The highest BCUT2D eigenvalue weighted by atomic mass is 16.1. The number of aromatic amines is 1. The number of carbonyl (C=O) groups is 1. The summed E-state index contributed by atoms with van der Waals surface area (Å²) in [7, 11) is 0. The Kier molecular flexibility index (Phi) is 4.18. The summed E-state index contributed by atoms with van der Waals surface area (Å²) in [5.74, 6) is 5.55. The first-order valence-electron chi connectivity index (χ1n) is 6.22. The number of rotatable bonds is 2. The van der Waals surface area contributed by atoms with Crippen molar-refractivity contribution < 1.29 is 4.79 Å². The van der Waals surface area contributed by atoms with Crippen molar-refractivity contribution in [3.63, 3.8) is 0 Å². The van der Waals surface area contributed by atoms with Crippen LogP contribution in [0.15, 0.2) is 24.4 Å². The van der Waals surface area contributed by atoms with Crippen molar-refractivity contribution in [1.29, 1.82) is 0 Å². The third kappa shape index (κ3) is 3.05. The summed E-state index contributed by atoms with van der Waals surface area (Å²) < 4.78 is 0. The zero-order valence-corrected chi connectivity index (χ0v) is 11.4. The second-order valence-electron chi connectivity index (χ2n) is 4.42. The number of carbonyl (C=O) groups excluding carboxylic acids is 1. The fourth-order valence-corrected chi connectivity index (χ4v) is 1.79. The molecule has 20 heavy (non-hydrogen) atoms. The molecule has 0 saturated heterocycles. The minimum atomic E-state index is -0.212. The summed E-state index contributed by atoms with van der Waals surface area (Å²) in [6, 6.07) is 5.68. The molecule has 1 aromatic carbocycles. The maximum Gasteiger partial charge on any atom is 0.259 e. The van der Waals surface area contributed by atoms with Gasteiger partial charge in [-0.2, -0.15) is 5.10 Å². The number of hydrogen-bond donors (Lipinski definition) is 3. The number of anilines is 1. The molecule has 1 aromatic heterocycles. The van der Waals surface area contributed by atoms with E-state index in [0.29, 0.717) is 11.3 Å². The van der Waals surface area contributed by atoms with Crippen molar-refractivity contribution in [2.45, 2.75) is 13.8 Å². The van der Waals surface area contributed by atoms with Gasteiger partial charge in [0.05, 0.1) is 24.0 Å². The third-order valence-corrected chi connectivity index (χ3v) is 2.82. The van der Waals surface area contributed by atoms with Crippen LogP contribution in [0.5, 0.6) is 0 Å². The van der Waals surface area contributed by atoms with Crippen LogP contribution in [-0.4, -0.2) is 22.6 Å². The molecule has 5 heteroatoms. The predicted molar refractivity (Wildman–Crippen MR) is 78.4 cm³/mol. The van der Waals surface area contributed by atoms with E-state index in [9.17, 15) is 4.79 Å². The van der Waals surface area contributed by atoms with E-state index in [2.05, 4.69) is 27.4 Å². The largest absolute Gasteiger partial charge is 0.321 e. The molecule has 0 aliphatic rings. The van der Waals surface area contributed by atoms with Gasteiger partial charge in [-0.15, -0.1) is 0 Å². The Morgan fingerprint density at radius 2 is 2.25 bits per heavy atom. The van der Waals surface area contributed by atoms with Crippen molar-refractivity contribution in [1.82, 2.24) is 10.2 Å². The summed E-state index contributed by atoms with van der Waals surface area (Å²) in [6.45, 7) is 4.05. The quantitative estimate of drug-likeness (QED) is 0.723. The lowest BCUT2D eigenvalue weighted by atomic mass is 10.1. The Morgan fingerprint density at radius 3 is 2.90 bits per heavy atom. The fraction of sp³-hybridized carbons (Fsp3) is 0.200. The zero-order chi connectivity index (χ0) is 14.5. The van der Waals surface area contributed by atoms with Gasteiger partial charge in [0.25, 0.3) is 5.91 Å². The molecule has 2 rings (SSSR count). The number of nitrogens with zero attached hydrogens (tertiary/aromatic N) is 1. The highest BCUT2D eigenvalue weighted by molar-refractivity contribution is 6.05. The number of amides is 1. The number of nitrogens with one attached hydrogen (secondary N) is 2. The smallest absolute Gasteiger partial charge is 0.259 e. The normalized spacial score (nSPS) is 9.75. The molecule has 0 aliphatic heterocycles. The molecule has 0 aliphatic carbocycles. The van der Waals surface area contributed by atoms with Crippen LogP contribution >= 0.6 is 0 Å². The summed E-state index contributed by atoms with van der Waals surface area (Å²) in [5.41, 5.74) is 9.13. The van der Waals surface area contributed by atoms with Crippen LogP contribution in [0, 0.1) is 25.7 Å². The lowest BCUT2D eigenvalue weighted by Crippen LogP contribution is -2.13. The standard InChI is InChI=1S/C15H16N4O/c1-10-5-6-14(12(8-10)4-3-7-16)18-15(20)13-9-17-19-11(13)2/h5-6,8-9H,7,16H2,1-2H3,(H,17,19)(H,18,20). The molecule has 0 fully saturated rings. The van der Waals surface area contributed by atoms with Crippen molar-refractivity contribution in [2.24, 2.45) is 5.73 Å². The lowest BCUT2D eigenvalue weighted by Gasteiger charge is -2.08. The Hall–Kier alpha value is -2.58. The molecule has 0 unspecified atom stereocenters. The molecule has 1 amide bonds. The minimum Gasteiger partial charge on any atom is -0.321 e. The Morgan fingerprint density at radius 1 is 1.45 bits per heavy atom. The monoisotopic (exact) mass is 268 g/mol. The molecule has 1 heterocycles. The second-order valence-corrected chi connectivity index (χ2v) is 4.42. The molecule has 0 spiro atoms. The van der Waals surface area contributed by atoms with Crippen LogP contribution in [0.4, 0.5) is 5.69 Å². The Balaban J connectivity index is 2.29. The molecular formula is C15H16N4O. The first-order chi connectivity index (χ1) is 9.61. The van der Waals surface area contributed by atoms with Crippen molar-refractivity contribution in [2.75, 3.05) is 11.9 Å². The van der Waals surface area contributed by atoms with Gasteiger partial charge in [0.2, 0.25) is 0 Å². The third-order valence-electron chi connectivity index (χ3n) is 2.82. The maximum absolute atomic E-state index is 12.2. The van der Waals surface area contributed by atoms with Crippen molar-refractivity contribution >= 4 is 11.6 Å². The number of aryl methyl sites for hydroxylation is 2. The van der Waals surface area contributed by atoms with Crippen molar-refractivity contribution in [3.8, 4) is 11.8 Å². The van der Waals surface area contributed by atoms with E-state index in [-0.39, 0.29) is 12.5 Å². The van der Waals surface area contributed by atoms with E-state index >= 15 is 0 Å². The zero-order valence-electron chi connectivity index (χ0n) is 11.4. The van der Waals surface area contributed by atoms with Gasteiger partial charge in [-0.05, 0) is 31.5 Å². The molecule has 0 saturated carbocycles. The number of benzene rings is 1. The number of hydrogen-bond acceptors (Lipinski definition) is 3. The molecular weight excluding hydrogens is 252 g/mol. The Labute approximate surface area is 117 Å². The summed E-state index contributed by atoms with van der Waals surface area (Å²) in [6.07, 6.45) is 1.50. The molecule has 0 atom stereocenters. The van der Waals surface area contributed by atoms with Gasteiger partial charge in [-0.3, -0.25) is 9.89 Å². The summed E-state index contributed by atoms with van der Waals surface area (Å²) >= 11 is 0. The molecule has 102 valence electrons. The topological polar surface area (TPSA) is 83.8 Å². The maximum atomic E-state index is 12.2. The molecule has 0 bridgehead atoms. The van der Waals surface area contributed by atoms with Gasteiger partial charge < -0.3 is 11.1 Å². The SMILES string of the molecule is Cc1ccc(NC(=O)c2cn[nH]c2C)c(C#CCN)c1. The average Bonchev–Trinajstić information content (AvgIpc) is 2.85. The first-order valence-corrected chi connectivity index (χ1v) is 6.22. The second kappa shape index (κ2) is 6.04. The van der Waals surface area contributed by atoms with E-state index in [0.717, 1.165) is 16.8 Å². The van der Waals surface area contributed by atoms with E-state index in [1.807, 2.05) is 25.1 Å². The van der Waals surface area contributed by atoms with Crippen LogP contribution in [0.3, 0.4) is 0 Å². The highest BCUT2D eigenvalue weighted by Gasteiger charge is 2.12. The van der Waals surface area contributed by atoms with Gasteiger partial charge in [0, 0.05) is 11.3 Å². The van der Waals surface area contributed by atoms with Crippen LogP contribution in [0.1, 0.15) is 27.2 Å². The lowest BCUT2D eigenvalue weighted by molar-refractivity contribution is 0.102. The first kappa shape index (κ1) is 13.8. The van der Waals surface area contributed by atoms with Gasteiger partial charge in [-0.25, -0.2) is 0 Å². The summed E-state index contributed by atoms with van der Waals surface area (Å²) in [4.78, 5) is 12.2. The van der Waals surface area contributed by atoms with Crippen LogP contribution < -0.4 is 11.1 Å². The van der Waals surface area contributed by atoms with Crippen LogP contribution in [0.2, 0.25) is 0 Å². The number of aromatic nitrogens is 2. The number of nitrogens with two attached hydrogens (primary N) is 1. The van der Waals surface area contributed by atoms with Gasteiger partial charge in [-0.1, -0.05) is 17.9 Å². The molecule has 5 nitrogen and oxygen atoms in total. The predicted octanol–water partition coefficient (Wildman–Crippen LogP) is 1.59. The minimum absolute atomic E-state index is 0.212. The van der Waals surface area contributed by atoms with E-state index in [1.54, 1.807) is 6.92 Å². The van der Waals surface area contributed by atoms with Gasteiger partial charge in [0.1, 0.15) is 0 Å². The van der Waals surface area contributed by atoms with Gasteiger partial charge >= 0.3 is 0 Å². The molecule has 0 radical (unpaired) electrons. The fourth-order valence-electron chi connectivity index (χ4n) is 1.79. The average molecular weight is 268 g/mol. The van der Waals surface area contributed by atoms with Crippen molar-refractivity contribution in [3.05, 3.63) is 46.8 Å². The number of H-pyrrole nitrogens is 1. The van der Waals surface area contributed by atoms with E-state index in [4.69, 9.17) is 5.73 Å². The molecule has 4 N–H and O–H groups in total. The van der Waals surface area contributed by atoms with Gasteiger partial charge in [0.15, 0.2) is 0 Å². The molecule has 2 aromatic rings. The van der Waals surface area contributed by atoms with E-state index in [1.165, 1.54) is 6.20 Å². The Bertz CT molecular complexity index is 691. The van der Waals surface area contributed by atoms with E-state index < -0.39 is 0 Å². The van der Waals surface area contributed by atoms with Crippen LogP contribution in [0.25, 0.3) is 0 Å². The highest BCUT2D eigenvalue weighted by Crippen LogP contribution is 2.18.